The molecular weight excluding hydrogens is 254 g/mol. The molecule has 5 nitrogen and oxygen atoms in total. The van der Waals surface area contributed by atoms with Gasteiger partial charge in [-0.25, -0.2) is 0 Å². The van der Waals surface area contributed by atoms with E-state index in [0.29, 0.717) is 0 Å². The summed E-state index contributed by atoms with van der Waals surface area (Å²) in [5.41, 5.74) is 0. The highest BCUT2D eigenvalue weighted by atomic mass is 35.5. The fourth-order valence-corrected chi connectivity index (χ4v) is 2.44. The second-order valence-corrected chi connectivity index (χ2v) is 4.81. The van der Waals surface area contributed by atoms with E-state index in [1.165, 1.54) is 0 Å². The Kier molecular flexibility index (Phi) is 6.43. The van der Waals surface area contributed by atoms with E-state index >= 15 is 0 Å². The Morgan fingerprint density at radius 3 is 2.50 bits per heavy atom. The first-order chi connectivity index (χ1) is 8.27. The van der Waals surface area contributed by atoms with Gasteiger partial charge in [-0.2, -0.15) is 0 Å². The van der Waals surface area contributed by atoms with Gasteiger partial charge in [0, 0.05) is 13.1 Å². The molecule has 18 heavy (non-hydrogen) atoms. The number of nitrogens with one attached hydrogen (secondary N) is 2. The van der Waals surface area contributed by atoms with Crippen LogP contribution in [0, 0.1) is 0 Å². The number of amides is 2. The molecule has 0 aromatic heterocycles. The number of halogens is 1. The molecule has 0 aromatic rings. The van der Waals surface area contributed by atoms with Gasteiger partial charge in [0.15, 0.2) is 0 Å². The zero-order valence-electron chi connectivity index (χ0n) is 10.6. The molecule has 104 valence electrons. The molecule has 2 aliphatic rings. The lowest BCUT2D eigenvalue weighted by Gasteiger charge is -2.23. The molecule has 1 atom stereocenters. The number of piperidine rings is 1. The predicted octanol–water partition coefficient (Wildman–Crippen LogP) is 0.289. The summed E-state index contributed by atoms with van der Waals surface area (Å²) in [6, 6.07) is -0.102. The molecule has 2 aliphatic heterocycles. The number of hydrogen-bond acceptors (Lipinski definition) is 3. The molecule has 2 heterocycles. The summed E-state index contributed by atoms with van der Waals surface area (Å²) in [5, 5.41) is 5.91. The molecule has 0 aliphatic carbocycles. The smallest absolute Gasteiger partial charge is 0.241 e. The predicted molar refractivity (Wildman–Crippen MR) is 71.7 cm³/mol. The largest absolute Gasteiger partial charge is 0.346 e. The maximum atomic E-state index is 11.8. The molecule has 6 heteroatoms. The summed E-state index contributed by atoms with van der Waals surface area (Å²) in [5.74, 6) is 0.0175. The van der Waals surface area contributed by atoms with Crippen molar-refractivity contribution in [2.75, 3.05) is 26.2 Å². The third-order valence-corrected chi connectivity index (χ3v) is 3.50. The van der Waals surface area contributed by atoms with Gasteiger partial charge >= 0.3 is 0 Å². The minimum absolute atomic E-state index is 0. The van der Waals surface area contributed by atoms with Crippen LogP contribution in [0.4, 0.5) is 0 Å². The second-order valence-electron chi connectivity index (χ2n) is 4.81. The highest BCUT2D eigenvalue weighted by Crippen LogP contribution is 2.08. The van der Waals surface area contributed by atoms with Crippen molar-refractivity contribution in [3.8, 4) is 0 Å². The topological polar surface area (TPSA) is 61.4 Å². The van der Waals surface area contributed by atoms with E-state index < -0.39 is 0 Å². The Hall–Kier alpha value is -0.810. The standard InChI is InChI=1S/C12H21N3O2.ClH/c16-11(15-7-3-4-8-15)9-14-12(17)10-5-1-2-6-13-10;/h10,13H,1-9H2,(H,14,17);1H/t10-;/m0./s1. The molecule has 0 radical (unpaired) electrons. The minimum Gasteiger partial charge on any atom is -0.346 e. The van der Waals surface area contributed by atoms with Gasteiger partial charge in [0.2, 0.25) is 11.8 Å². The molecular formula is C12H22ClN3O2. The van der Waals surface area contributed by atoms with Gasteiger partial charge in [0.1, 0.15) is 0 Å². The van der Waals surface area contributed by atoms with Gasteiger partial charge in [0.25, 0.3) is 0 Å². The molecule has 0 saturated carbocycles. The summed E-state index contributed by atoms with van der Waals surface area (Å²) in [7, 11) is 0. The first kappa shape index (κ1) is 15.2. The number of carbonyl (C=O) groups excluding carboxylic acids is 2. The van der Waals surface area contributed by atoms with Crippen LogP contribution < -0.4 is 10.6 Å². The normalized spacial score (nSPS) is 23.3. The van der Waals surface area contributed by atoms with Crippen molar-refractivity contribution in [3.05, 3.63) is 0 Å². The van der Waals surface area contributed by atoms with Gasteiger partial charge in [-0.15, -0.1) is 12.4 Å². The Morgan fingerprint density at radius 2 is 1.89 bits per heavy atom. The minimum atomic E-state index is -0.102. The number of hydrogen-bond donors (Lipinski definition) is 2. The summed E-state index contributed by atoms with van der Waals surface area (Å²) < 4.78 is 0. The first-order valence-electron chi connectivity index (χ1n) is 6.56. The molecule has 2 rings (SSSR count). The van der Waals surface area contributed by atoms with Crippen LogP contribution in [0.15, 0.2) is 0 Å². The van der Waals surface area contributed by atoms with Crippen molar-refractivity contribution in [2.24, 2.45) is 0 Å². The second kappa shape index (κ2) is 7.59. The molecule has 2 amide bonds. The van der Waals surface area contributed by atoms with Gasteiger partial charge in [-0.3, -0.25) is 9.59 Å². The van der Waals surface area contributed by atoms with Crippen LogP contribution in [0.5, 0.6) is 0 Å². The van der Waals surface area contributed by atoms with Crippen molar-refractivity contribution in [1.82, 2.24) is 15.5 Å². The van der Waals surface area contributed by atoms with Crippen LogP contribution >= 0.6 is 12.4 Å². The van der Waals surface area contributed by atoms with E-state index in [2.05, 4.69) is 10.6 Å². The lowest BCUT2D eigenvalue weighted by Crippen LogP contribution is -2.49. The average Bonchev–Trinajstić information content (AvgIpc) is 2.90. The van der Waals surface area contributed by atoms with Gasteiger partial charge in [-0.05, 0) is 32.2 Å². The van der Waals surface area contributed by atoms with Gasteiger partial charge in [-0.1, -0.05) is 6.42 Å². The van der Waals surface area contributed by atoms with E-state index in [4.69, 9.17) is 0 Å². The number of rotatable bonds is 3. The lowest BCUT2D eigenvalue weighted by atomic mass is 10.0. The summed E-state index contributed by atoms with van der Waals surface area (Å²) >= 11 is 0. The Bertz CT molecular complexity index is 287. The SMILES string of the molecule is Cl.O=C(NCC(=O)N1CCCC1)[C@@H]1CCCCN1. The average molecular weight is 276 g/mol. The van der Waals surface area contributed by atoms with Crippen LogP contribution in [0.25, 0.3) is 0 Å². The van der Waals surface area contributed by atoms with E-state index in [-0.39, 0.29) is 36.8 Å². The maximum absolute atomic E-state index is 11.8. The summed E-state index contributed by atoms with van der Waals surface area (Å²) in [6.07, 6.45) is 5.28. The van der Waals surface area contributed by atoms with Crippen LogP contribution in [-0.4, -0.2) is 48.9 Å². The Balaban J connectivity index is 0.00000162. The number of carbonyl (C=O) groups is 2. The fraction of sp³-hybridized carbons (Fsp3) is 0.833. The highest BCUT2D eigenvalue weighted by Gasteiger charge is 2.22. The molecule has 2 N–H and O–H groups in total. The highest BCUT2D eigenvalue weighted by molar-refractivity contribution is 5.87. The van der Waals surface area contributed by atoms with Crippen molar-refractivity contribution < 1.29 is 9.59 Å². The monoisotopic (exact) mass is 275 g/mol. The molecule has 0 spiro atoms. The molecule has 0 bridgehead atoms. The molecule has 2 fully saturated rings. The lowest BCUT2D eigenvalue weighted by molar-refractivity contribution is -0.132. The van der Waals surface area contributed by atoms with Crippen molar-refractivity contribution >= 4 is 24.2 Å². The summed E-state index contributed by atoms with van der Waals surface area (Å²) in [4.78, 5) is 25.3. The summed E-state index contributed by atoms with van der Waals surface area (Å²) in [6.45, 7) is 2.74. The van der Waals surface area contributed by atoms with E-state index in [9.17, 15) is 9.59 Å². The molecule has 0 aromatic carbocycles. The quantitative estimate of drug-likeness (QED) is 0.778. The first-order valence-corrected chi connectivity index (χ1v) is 6.56. The third kappa shape index (κ3) is 4.14. The van der Waals surface area contributed by atoms with E-state index in [1.807, 2.05) is 4.90 Å². The zero-order chi connectivity index (χ0) is 12.1. The van der Waals surface area contributed by atoms with Crippen LogP contribution in [-0.2, 0) is 9.59 Å². The Labute approximate surface area is 114 Å². The fourth-order valence-electron chi connectivity index (χ4n) is 2.44. The number of nitrogens with zero attached hydrogens (tertiary/aromatic N) is 1. The van der Waals surface area contributed by atoms with Crippen LogP contribution in [0.3, 0.4) is 0 Å². The third-order valence-electron chi connectivity index (χ3n) is 3.50. The van der Waals surface area contributed by atoms with Crippen LogP contribution in [0.2, 0.25) is 0 Å². The number of likely N-dealkylation sites (tertiary alicyclic amines) is 1. The van der Waals surface area contributed by atoms with Crippen LogP contribution in [0.1, 0.15) is 32.1 Å². The molecule has 0 unspecified atom stereocenters. The van der Waals surface area contributed by atoms with Gasteiger partial charge < -0.3 is 15.5 Å². The van der Waals surface area contributed by atoms with Crippen molar-refractivity contribution in [1.29, 1.82) is 0 Å². The van der Waals surface area contributed by atoms with E-state index in [0.717, 1.165) is 51.7 Å². The van der Waals surface area contributed by atoms with E-state index in [1.54, 1.807) is 0 Å². The zero-order valence-corrected chi connectivity index (χ0v) is 11.4. The van der Waals surface area contributed by atoms with Crippen molar-refractivity contribution in [2.45, 2.75) is 38.1 Å². The van der Waals surface area contributed by atoms with Crippen molar-refractivity contribution in [3.63, 3.8) is 0 Å². The Morgan fingerprint density at radius 1 is 1.17 bits per heavy atom. The molecule has 2 saturated heterocycles. The maximum Gasteiger partial charge on any atom is 0.241 e. The van der Waals surface area contributed by atoms with Gasteiger partial charge in [0.05, 0.1) is 12.6 Å².